The van der Waals surface area contributed by atoms with Crippen molar-refractivity contribution in [1.29, 1.82) is 0 Å². The van der Waals surface area contributed by atoms with E-state index in [1.807, 2.05) is 0 Å². The Kier molecular flexibility index (Phi) is 4.73. The molecule has 1 heterocycles. The summed E-state index contributed by atoms with van der Waals surface area (Å²) in [6, 6.07) is 3.99. The highest BCUT2D eigenvalue weighted by molar-refractivity contribution is 6.39. The molecule has 0 aliphatic carbocycles. The minimum atomic E-state index is -4.43. The van der Waals surface area contributed by atoms with Crippen LogP contribution in [0.15, 0.2) is 24.3 Å². The highest BCUT2D eigenvalue weighted by Crippen LogP contribution is 2.29. The number of anilines is 1. The van der Waals surface area contributed by atoms with Gasteiger partial charge in [0.05, 0.1) is 5.56 Å². The molecule has 0 saturated carbocycles. The Morgan fingerprint density at radius 1 is 1.14 bits per heavy atom. The number of halogens is 3. The van der Waals surface area contributed by atoms with Gasteiger partial charge in [-0.15, -0.1) is 0 Å². The van der Waals surface area contributed by atoms with Crippen LogP contribution in [0.25, 0.3) is 0 Å². The molecule has 2 rings (SSSR count). The van der Waals surface area contributed by atoms with Crippen LogP contribution in [0.1, 0.15) is 25.3 Å². The third kappa shape index (κ3) is 3.99. The van der Waals surface area contributed by atoms with Crippen LogP contribution in [0.3, 0.4) is 0 Å². The normalized spacial score (nSPS) is 16.5. The van der Waals surface area contributed by atoms with Gasteiger partial charge in [0.1, 0.15) is 0 Å². The topological polar surface area (TPSA) is 49.4 Å². The molecular formula is C15H17F3N2O2. The maximum Gasteiger partial charge on any atom is 0.416 e. The van der Waals surface area contributed by atoms with Crippen molar-refractivity contribution in [2.24, 2.45) is 5.92 Å². The van der Waals surface area contributed by atoms with E-state index < -0.39 is 23.6 Å². The Balaban J connectivity index is 1.95. The number of alkyl halides is 3. The van der Waals surface area contributed by atoms with Gasteiger partial charge in [-0.2, -0.15) is 13.2 Å². The minimum absolute atomic E-state index is 0.164. The fraction of sp³-hybridized carbons (Fsp3) is 0.467. The van der Waals surface area contributed by atoms with Crippen molar-refractivity contribution >= 4 is 17.5 Å². The van der Waals surface area contributed by atoms with Crippen molar-refractivity contribution in [2.45, 2.75) is 25.9 Å². The first-order valence-corrected chi connectivity index (χ1v) is 7.05. The average Bonchev–Trinajstić information content (AvgIpc) is 2.47. The van der Waals surface area contributed by atoms with Crippen molar-refractivity contribution in [1.82, 2.24) is 4.90 Å². The Hall–Kier alpha value is -2.05. The molecule has 1 saturated heterocycles. The number of piperidine rings is 1. The predicted octanol–water partition coefficient (Wildman–Crippen LogP) is 2.90. The lowest BCUT2D eigenvalue weighted by atomic mass is 9.99. The molecule has 7 heteroatoms. The predicted molar refractivity (Wildman–Crippen MR) is 75.1 cm³/mol. The first-order chi connectivity index (χ1) is 10.3. The molecule has 0 bridgehead atoms. The van der Waals surface area contributed by atoms with Crippen LogP contribution >= 0.6 is 0 Å². The summed E-state index contributed by atoms with van der Waals surface area (Å²) in [5.41, 5.74) is -0.640. The van der Waals surface area contributed by atoms with Crippen molar-refractivity contribution in [3.05, 3.63) is 29.8 Å². The fourth-order valence-corrected chi connectivity index (χ4v) is 2.28. The number of amides is 2. The van der Waals surface area contributed by atoms with Crippen molar-refractivity contribution < 1.29 is 22.8 Å². The molecule has 1 aromatic rings. The SMILES string of the molecule is CC1CCN(C(=O)C(=O)Nc2ccc(C(F)(F)F)cc2)CC1. The van der Waals surface area contributed by atoms with Gasteiger partial charge in [-0.1, -0.05) is 6.92 Å². The Morgan fingerprint density at radius 2 is 1.68 bits per heavy atom. The van der Waals surface area contributed by atoms with Crippen LogP contribution in [0, 0.1) is 5.92 Å². The first-order valence-electron chi connectivity index (χ1n) is 7.05. The summed E-state index contributed by atoms with van der Waals surface area (Å²) in [6.45, 7) is 3.14. The molecule has 1 N–H and O–H groups in total. The summed E-state index contributed by atoms with van der Waals surface area (Å²) in [4.78, 5) is 25.3. The maximum atomic E-state index is 12.4. The number of carbonyl (C=O) groups is 2. The molecule has 1 aliphatic rings. The molecule has 0 spiro atoms. The van der Waals surface area contributed by atoms with Gasteiger partial charge in [-0.25, -0.2) is 0 Å². The van der Waals surface area contributed by atoms with Crippen LogP contribution in [0.5, 0.6) is 0 Å². The van der Waals surface area contributed by atoms with E-state index in [9.17, 15) is 22.8 Å². The maximum absolute atomic E-state index is 12.4. The molecule has 0 radical (unpaired) electrons. The number of hydrogen-bond donors (Lipinski definition) is 1. The van der Waals surface area contributed by atoms with Gasteiger partial charge in [0.15, 0.2) is 0 Å². The highest BCUT2D eigenvalue weighted by Gasteiger charge is 2.30. The van der Waals surface area contributed by atoms with Crippen LogP contribution in [-0.4, -0.2) is 29.8 Å². The van der Waals surface area contributed by atoms with Crippen LogP contribution in [0.2, 0.25) is 0 Å². The summed E-state index contributed by atoms with van der Waals surface area (Å²) < 4.78 is 37.3. The number of hydrogen-bond acceptors (Lipinski definition) is 2. The van der Waals surface area contributed by atoms with Crippen molar-refractivity contribution in [2.75, 3.05) is 18.4 Å². The lowest BCUT2D eigenvalue weighted by Crippen LogP contribution is -2.43. The van der Waals surface area contributed by atoms with E-state index in [1.165, 1.54) is 4.90 Å². The van der Waals surface area contributed by atoms with Crippen LogP contribution in [0.4, 0.5) is 18.9 Å². The lowest BCUT2D eigenvalue weighted by Gasteiger charge is -2.29. The zero-order valence-electron chi connectivity index (χ0n) is 12.1. The highest BCUT2D eigenvalue weighted by atomic mass is 19.4. The number of rotatable bonds is 1. The Labute approximate surface area is 126 Å². The number of nitrogens with one attached hydrogen (secondary N) is 1. The second-order valence-electron chi connectivity index (χ2n) is 5.50. The van der Waals surface area contributed by atoms with E-state index in [0.717, 1.165) is 37.1 Å². The summed E-state index contributed by atoms with van der Waals surface area (Å²) in [6.07, 6.45) is -2.73. The number of nitrogens with zero attached hydrogens (tertiary/aromatic N) is 1. The molecule has 1 aliphatic heterocycles. The number of benzene rings is 1. The van der Waals surface area contributed by atoms with Gasteiger partial charge >= 0.3 is 18.0 Å². The van der Waals surface area contributed by atoms with E-state index >= 15 is 0 Å². The zero-order valence-corrected chi connectivity index (χ0v) is 12.1. The summed E-state index contributed by atoms with van der Waals surface area (Å²) >= 11 is 0. The summed E-state index contributed by atoms with van der Waals surface area (Å²) in [5, 5.41) is 2.33. The van der Waals surface area contributed by atoms with Gasteiger partial charge in [0.2, 0.25) is 0 Å². The lowest BCUT2D eigenvalue weighted by molar-refractivity contribution is -0.144. The standard InChI is InChI=1S/C15H17F3N2O2/c1-10-6-8-20(9-7-10)14(22)13(21)19-12-4-2-11(3-5-12)15(16,17)18/h2-5,10H,6-9H2,1H3,(H,19,21). The van der Waals surface area contributed by atoms with Crippen LogP contribution in [-0.2, 0) is 15.8 Å². The molecule has 22 heavy (non-hydrogen) atoms. The fourth-order valence-electron chi connectivity index (χ4n) is 2.28. The van der Waals surface area contributed by atoms with E-state index in [-0.39, 0.29) is 5.69 Å². The first kappa shape index (κ1) is 16.3. The van der Waals surface area contributed by atoms with E-state index in [1.54, 1.807) is 0 Å². The number of likely N-dealkylation sites (tertiary alicyclic amines) is 1. The molecular weight excluding hydrogens is 297 g/mol. The second-order valence-corrected chi connectivity index (χ2v) is 5.50. The summed E-state index contributed by atoms with van der Waals surface area (Å²) in [5.74, 6) is -0.942. The Bertz CT molecular complexity index is 547. The molecule has 120 valence electrons. The average molecular weight is 314 g/mol. The zero-order chi connectivity index (χ0) is 16.3. The monoisotopic (exact) mass is 314 g/mol. The molecule has 0 unspecified atom stereocenters. The van der Waals surface area contributed by atoms with Gasteiger partial charge in [0.25, 0.3) is 0 Å². The molecule has 0 atom stereocenters. The molecule has 1 aromatic carbocycles. The number of carbonyl (C=O) groups excluding carboxylic acids is 2. The molecule has 1 fully saturated rings. The largest absolute Gasteiger partial charge is 0.416 e. The van der Waals surface area contributed by atoms with Crippen molar-refractivity contribution in [3.63, 3.8) is 0 Å². The minimum Gasteiger partial charge on any atom is -0.334 e. The smallest absolute Gasteiger partial charge is 0.334 e. The van der Waals surface area contributed by atoms with Crippen molar-refractivity contribution in [3.8, 4) is 0 Å². The molecule has 4 nitrogen and oxygen atoms in total. The van der Waals surface area contributed by atoms with Gasteiger partial charge in [-0.05, 0) is 43.0 Å². The molecule has 2 amide bonds. The second kappa shape index (κ2) is 6.37. The Morgan fingerprint density at radius 3 is 2.18 bits per heavy atom. The van der Waals surface area contributed by atoms with E-state index in [4.69, 9.17) is 0 Å². The van der Waals surface area contributed by atoms with E-state index in [2.05, 4.69) is 12.2 Å². The van der Waals surface area contributed by atoms with Gasteiger partial charge in [0, 0.05) is 18.8 Å². The molecule has 0 aromatic heterocycles. The third-order valence-corrected chi connectivity index (χ3v) is 3.74. The quantitative estimate of drug-likeness (QED) is 0.810. The van der Waals surface area contributed by atoms with Gasteiger partial charge < -0.3 is 10.2 Å². The van der Waals surface area contributed by atoms with Gasteiger partial charge in [-0.3, -0.25) is 9.59 Å². The van der Waals surface area contributed by atoms with Crippen LogP contribution < -0.4 is 5.32 Å². The third-order valence-electron chi connectivity index (χ3n) is 3.74. The summed E-state index contributed by atoms with van der Waals surface area (Å²) in [7, 11) is 0. The van der Waals surface area contributed by atoms with E-state index in [0.29, 0.717) is 19.0 Å².